The van der Waals surface area contributed by atoms with E-state index in [1.165, 1.54) is 0 Å². The summed E-state index contributed by atoms with van der Waals surface area (Å²) in [6.07, 6.45) is 3.70. The van der Waals surface area contributed by atoms with E-state index in [2.05, 4.69) is 36.2 Å². The first-order valence-corrected chi connectivity index (χ1v) is 6.83. The van der Waals surface area contributed by atoms with Gasteiger partial charge in [0.05, 0.1) is 6.61 Å². The van der Waals surface area contributed by atoms with E-state index in [4.69, 9.17) is 4.74 Å². The fourth-order valence-electron chi connectivity index (χ4n) is 2.44. The van der Waals surface area contributed by atoms with Crippen molar-refractivity contribution in [2.45, 2.75) is 46.2 Å². The average Bonchev–Trinajstić information content (AvgIpc) is 2.97. The summed E-state index contributed by atoms with van der Waals surface area (Å²) in [5, 5.41) is 7.79. The van der Waals surface area contributed by atoms with Gasteiger partial charge in [-0.2, -0.15) is 5.10 Å². The molecular formula is C13H24N4O. The highest BCUT2D eigenvalue weighted by atomic mass is 16.5. The van der Waals surface area contributed by atoms with E-state index in [1.54, 1.807) is 6.33 Å². The number of nitrogens with zero attached hydrogens (tertiary/aromatic N) is 3. The summed E-state index contributed by atoms with van der Waals surface area (Å²) in [4.78, 5) is 4.39. The third kappa shape index (κ3) is 3.09. The molecule has 5 heteroatoms. The molecule has 1 aliphatic rings. The van der Waals surface area contributed by atoms with E-state index in [1.807, 2.05) is 4.68 Å². The molecule has 2 rings (SSSR count). The minimum absolute atomic E-state index is 0.185. The molecular weight excluding hydrogens is 228 g/mol. The maximum Gasteiger partial charge on any atom is 0.138 e. The van der Waals surface area contributed by atoms with Crippen molar-refractivity contribution in [3.05, 3.63) is 12.2 Å². The van der Waals surface area contributed by atoms with E-state index in [-0.39, 0.29) is 5.41 Å². The number of aromatic nitrogens is 3. The summed E-state index contributed by atoms with van der Waals surface area (Å²) in [7, 11) is 0. The van der Waals surface area contributed by atoms with Crippen LogP contribution in [0.15, 0.2) is 6.33 Å². The molecule has 0 aliphatic carbocycles. The summed E-state index contributed by atoms with van der Waals surface area (Å²) in [6, 6.07) is 0.506. The molecule has 1 fully saturated rings. The first-order chi connectivity index (χ1) is 8.65. The largest absolute Gasteiger partial charge is 0.381 e. The molecule has 0 radical (unpaired) electrons. The second kappa shape index (κ2) is 5.80. The van der Waals surface area contributed by atoms with E-state index < -0.39 is 0 Å². The van der Waals surface area contributed by atoms with Gasteiger partial charge in [-0.15, -0.1) is 0 Å². The van der Waals surface area contributed by atoms with E-state index in [9.17, 15) is 0 Å². The number of hydrogen-bond acceptors (Lipinski definition) is 4. The topological polar surface area (TPSA) is 52.0 Å². The number of aryl methyl sites for hydroxylation is 1. The van der Waals surface area contributed by atoms with Gasteiger partial charge < -0.3 is 10.1 Å². The SMILES string of the molecule is CCn1ncnc1CC1(CNC(C)C)CCOC1. The predicted molar refractivity (Wildman–Crippen MR) is 70.4 cm³/mol. The molecule has 1 aromatic heterocycles. The molecule has 0 bridgehead atoms. The Labute approximate surface area is 109 Å². The quantitative estimate of drug-likeness (QED) is 0.828. The average molecular weight is 252 g/mol. The van der Waals surface area contributed by atoms with Crippen molar-refractivity contribution in [1.29, 1.82) is 0 Å². The monoisotopic (exact) mass is 252 g/mol. The molecule has 5 nitrogen and oxygen atoms in total. The van der Waals surface area contributed by atoms with Crippen LogP contribution in [0.25, 0.3) is 0 Å². The Kier molecular flexibility index (Phi) is 4.35. The molecule has 1 N–H and O–H groups in total. The number of hydrogen-bond donors (Lipinski definition) is 1. The molecule has 1 saturated heterocycles. The van der Waals surface area contributed by atoms with Gasteiger partial charge in [-0.05, 0) is 13.3 Å². The van der Waals surface area contributed by atoms with Gasteiger partial charge in [-0.3, -0.25) is 4.68 Å². The summed E-state index contributed by atoms with van der Waals surface area (Å²) < 4.78 is 7.60. The van der Waals surface area contributed by atoms with Crippen LogP contribution in [0.3, 0.4) is 0 Å². The minimum atomic E-state index is 0.185. The molecule has 0 aromatic carbocycles. The zero-order valence-corrected chi connectivity index (χ0v) is 11.6. The van der Waals surface area contributed by atoms with Crippen LogP contribution < -0.4 is 5.32 Å². The molecule has 102 valence electrons. The summed E-state index contributed by atoms with van der Waals surface area (Å²) >= 11 is 0. The van der Waals surface area contributed by atoms with Crippen LogP contribution in [0.1, 0.15) is 33.0 Å². The van der Waals surface area contributed by atoms with Gasteiger partial charge in [0.1, 0.15) is 12.2 Å². The first kappa shape index (κ1) is 13.5. The highest BCUT2D eigenvalue weighted by Crippen LogP contribution is 2.31. The molecule has 2 heterocycles. The highest BCUT2D eigenvalue weighted by Gasteiger charge is 2.36. The molecule has 0 spiro atoms. The lowest BCUT2D eigenvalue weighted by atomic mass is 9.83. The van der Waals surface area contributed by atoms with Crippen molar-refractivity contribution in [2.24, 2.45) is 5.41 Å². The lowest BCUT2D eigenvalue weighted by Crippen LogP contribution is -2.40. The van der Waals surface area contributed by atoms with Gasteiger partial charge in [0, 0.05) is 37.6 Å². The van der Waals surface area contributed by atoms with Gasteiger partial charge in [-0.1, -0.05) is 13.8 Å². The standard InChI is InChI=1S/C13H24N4O/c1-4-17-12(15-10-16-17)7-13(5-6-18-9-13)8-14-11(2)3/h10-11,14H,4-9H2,1-3H3. The molecule has 1 unspecified atom stereocenters. The fraction of sp³-hybridized carbons (Fsp3) is 0.846. The first-order valence-electron chi connectivity index (χ1n) is 6.83. The minimum Gasteiger partial charge on any atom is -0.381 e. The Balaban J connectivity index is 2.06. The van der Waals surface area contributed by atoms with Crippen LogP contribution >= 0.6 is 0 Å². The lowest BCUT2D eigenvalue weighted by molar-refractivity contribution is 0.146. The maximum absolute atomic E-state index is 5.62. The van der Waals surface area contributed by atoms with Crippen LogP contribution in [0, 0.1) is 5.41 Å². The van der Waals surface area contributed by atoms with Crippen molar-refractivity contribution >= 4 is 0 Å². The van der Waals surface area contributed by atoms with Crippen molar-refractivity contribution in [1.82, 2.24) is 20.1 Å². The summed E-state index contributed by atoms with van der Waals surface area (Å²) in [5.74, 6) is 1.08. The van der Waals surface area contributed by atoms with Crippen LogP contribution in [0.5, 0.6) is 0 Å². The van der Waals surface area contributed by atoms with Gasteiger partial charge in [0.2, 0.25) is 0 Å². The molecule has 1 aromatic rings. The molecule has 0 amide bonds. The zero-order chi connectivity index (χ0) is 13.0. The van der Waals surface area contributed by atoms with Crippen molar-refractivity contribution < 1.29 is 4.74 Å². The Hall–Kier alpha value is -0.940. The van der Waals surface area contributed by atoms with E-state index >= 15 is 0 Å². The Morgan fingerprint density at radius 3 is 3.00 bits per heavy atom. The van der Waals surface area contributed by atoms with Crippen LogP contribution in [-0.2, 0) is 17.7 Å². The van der Waals surface area contributed by atoms with Gasteiger partial charge in [-0.25, -0.2) is 4.98 Å². The molecule has 0 saturated carbocycles. The van der Waals surface area contributed by atoms with Crippen LogP contribution in [0.2, 0.25) is 0 Å². The lowest BCUT2D eigenvalue weighted by Gasteiger charge is -2.28. The molecule has 1 aliphatic heterocycles. The van der Waals surface area contributed by atoms with Crippen LogP contribution in [0.4, 0.5) is 0 Å². The summed E-state index contributed by atoms with van der Waals surface area (Å²) in [5.41, 5.74) is 0.185. The van der Waals surface area contributed by atoms with E-state index in [0.29, 0.717) is 6.04 Å². The zero-order valence-electron chi connectivity index (χ0n) is 11.6. The highest BCUT2D eigenvalue weighted by molar-refractivity contribution is 4.97. The van der Waals surface area contributed by atoms with Gasteiger partial charge in [0.15, 0.2) is 0 Å². The number of ether oxygens (including phenoxy) is 1. The third-order valence-electron chi connectivity index (χ3n) is 3.60. The maximum atomic E-state index is 5.62. The Morgan fingerprint density at radius 1 is 1.56 bits per heavy atom. The number of rotatable bonds is 6. The Bertz CT molecular complexity index is 369. The van der Waals surface area contributed by atoms with Crippen molar-refractivity contribution in [2.75, 3.05) is 19.8 Å². The van der Waals surface area contributed by atoms with Crippen molar-refractivity contribution in [3.63, 3.8) is 0 Å². The molecule has 1 atom stereocenters. The van der Waals surface area contributed by atoms with Gasteiger partial charge in [0.25, 0.3) is 0 Å². The summed E-state index contributed by atoms with van der Waals surface area (Å²) in [6.45, 7) is 10.0. The van der Waals surface area contributed by atoms with Gasteiger partial charge >= 0.3 is 0 Å². The fourth-order valence-corrected chi connectivity index (χ4v) is 2.44. The predicted octanol–water partition coefficient (Wildman–Crippen LogP) is 1.25. The second-order valence-electron chi connectivity index (χ2n) is 5.51. The third-order valence-corrected chi connectivity index (χ3v) is 3.60. The van der Waals surface area contributed by atoms with Crippen LogP contribution in [-0.4, -0.2) is 40.6 Å². The van der Waals surface area contributed by atoms with Crippen molar-refractivity contribution in [3.8, 4) is 0 Å². The Morgan fingerprint density at radius 2 is 2.39 bits per heavy atom. The smallest absolute Gasteiger partial charge is 0.138 e. The second-order valence-corrected chi connectivity index (χ2v) is 5.51. The number of nitrogens with one attached hydrogen (secondary N) is 1. The molecule has 18 heavy (non-hydrogen) atoms. The van der Waals surface area contributed by atoms with E-state index in [0.717, 1.165) is 45.0 Å². The normalized spacial score (nSPS) is 24.0.